The van der Waals surface area contributed by atoms with E-state index in [1.54, 1.807) is 0 Å². The Kier molecular flexibility index (Phi) is 2.99. The molecule has 1 aromatic rings. The predicted octanol–water partition coefficient (Wildman–Crippen LogP) is 0.487. The van der Waals surface area contributed by atoms with Crippen molar-refractivity contribution < 1.29 is 28.2 Å². The summed E-state index contributed by atoms with van der Waals surface area (Å²) in [4.78, 5) is 21.0. The standard InChI is InChI=1S/C9H8O6S/c1-16(14,15)7-3-5(8(10)11)2-6(4-7)9(12)13/h2-4H,1H3,(H,10,11)(H,12,13). The maximum atomic E-state index is 11.2. The largest absolute Gasteiger partial charge is 0.478 e. The zero-order valence-electron chi connectivity index (χ0n) is 8.17. The Balaban J connectivity index is 3.54. The zero-order valence-corrected chi connectivity index (χ0v) is 8.98. The van der Waals surface area contributed by atoms with Gasteiger partial charge in [-0.1, -0.05) is 0 Å². The van der Waals surface area contributed by atoms with Crippen molar-refractivity contribution in [1.82, 2.24) is 0 Å². The Morgan fingerprint density at radius 2 is 1.38 bits per heavy atom. The number of aromatic carboxylic acids is 2. The number of benzene rings is 1. The molecule has 0 spiro atoms. The molecule has 0 amide bonds. The van der Waals surface area contributed by atoms with Crippen LogP contribution in [0, 0.1) is 0 Å². The lowest BCUT2D eigenvalue weighted by Gasteiger charge is -2.03. The molecule has 7 heteroatoms. The fraction of sp³-hybridized carbons (Fsp3) is 0.111. The van der Waals surface area contributed by atoms with Crippen molar-refractivity contribution in [3.63, 3.8) is 0 Å². The summed E-state index contributed by atoms with van der Waals surface area (Å²) in [5, 5.41) is 17.4. The molecule has 0 unspecified atom stereocenters. The Morgan fingerprint density at radius 3 is 1.62 bits per heavy atom. The number of carboxylic acid groups (broad SMARTS) is 2. The highest BCUT2D eigenvalue weighted by molar-refractivity contribution is 7.90. The first-order valence-electron chi connectivity index (χ1n) is 4.03. The molecule has 0 aliphatic rings. The van der Waals surface area contributed by atoms with Crippen LogP contribution in [0.5, 0.6) is 0 Å². The molecule has 0 aliphatic heterocycles. The molecule has 86 valence electrons. The van der Waals surface area contributed by atoms with Crippen LogP contribution >= 0.6 is 0 Å². The maximum Gasteiger partial charge on any atom is 0.335 e. The third-order valence-corrected chi connectivity index (χ3v) is 2.92. The van der Waals surface area contributed by atoms with Crippen LogP contribution in [0.1, 0.15) is 20.7 Å². The summed E-state index contributed by atoms with van der Waals surface area (Å²) in [7, 11) is -3.64. The molecule has 1 rings (SSSR count). The number of sulfone groups is 1. The van der Waals surface area contributed by atoms with Gasteiger partial charge in [0.1, 0.15) is 0 Å². The van der Waals surface area contributed by atoms with Gasteiger partial charge in [-0.05, 0) is 18.2 Å². The van der Waals surface area contributed by atoms with Gasteiger partial charge in [-0.3, -0.25) is 0 Å². The molecule has 0 atom stereocenters. The van der Waals surface area contributed by atoms with Crippen molar-refractivity contribution in [2.45, 2.75) is 4.90 Å². The fourth-order valence-electron chi connectivity index (χ4n) is 1.06. The Bertz CT molecular complexity index is 525. The van der Waals surface area contributed by atoms with Crippen LogP contribution in [0.3, 0.4) is 0 Å². The van der Waals surface area contributed by atoms with Crippen LogP contribution in [0.25, 0.3) is 0 Å². The van der Waals surface area contributed by atoms with E-state index < -0.39 is 21.8 Å². The van der Waals surface area contributed by atoms with Crippen molar-refractivity contribution in [2.24, 2.45) is 0 Å². The zero-order chi connectivity index (χ0) is 12.5. The lowest BCUT2D eigenvalue weighted by Crippen LogP contribution is -2.06. The molecular formula is C9H8O6S. The highest BCUT2D eigenvalue weighted by atomic mass is 32.2. The van der Waals surface area contributed by atoms with Crippen LogP contribution in [0.4, 0.5) is 0 Å². The Labute approximate surface area is 91.1 Å². The van der Waals surface area contributed by atoms with Gasteiger partial charge in [0.25, 0.3) is 0 Å². The number of hydrogen-bond acceptors (Lipinski definition) is 4. The van der Waals surface area contributed by atoms with E-state index in [-0.39, 0.29) is 16.0 Å². The van der Waals surface area contributed by atoms with Crippen molar-refractivity contribution in [3.8, 4) is 0 Å². The summed E-state index contributed by atoms with van der Waals surface area (Å²) in [5.74, 6) is -2.76. The van der Waals surface area contributed by atoms with E-state index in [4.69, 9.17) is 10.2 Å². The summed E-state index contributed by atoms with van der Waals surface area (Å²) in [6, 6.07) is 2.74. The molecule has 16 heavy (non-hydrogen) atoms. The van der Waals surface area contributed by atoms with Gasteiger partial charge in [-0.15, -0.1) is 0 Å². The fourth-order valence-corrected chi connectivity index (χ4v) is 1.74. The van der Waals surface area contributed by atoms with Crippen molar-refractivity contribution in [1.29, 1.82) is 0 Å². The second-order valence-corrected chi connectivity index (χ2v) is 5.14. The molecule has 0 bridgehead atoms. The van der Waals surface area contributed by atoms with Gasteiger partial charge in [-0.25, -0.2) is 18.0 Å². The lowest BCUT2D eigenvalue weighted by molar-refractivity contribution is 0.0696. The van der Waals surface area contributed by atoms with E-state index in [1.807, 2.05) is 0 Å². The molecule has 0 aromatic heterocycles. The lowest BCUT2D eigenvalue weighted by atomic mass is 10.1. The van der Waals surface area contributed by atoms with Crippen LogP contribution in [-0.4, -0.2) is 36.8 Å². The van der Waals surface area contributed by atoms with Gasteiger partial charge in [0.05, 0.1) is 16.0 Å². The van der Waals surface area contributed by atoms with Crippen LogP contribution in [0.15, 0.2) is 23.1 Å². The molecule has 0 radical (unpaired) electrons. The molecule has 0 fully saturated rings. The van der Waals surface area contributed by atoms with E-state index in [9.17, 15) is 18.0 Å². The number of rotatable bonds is 3. The molecule has 1 aromatic carbocycles. The van der Waals surface area contributed by atoms with E-state index in [2.05, 4.69) is 0 Å². The minimum absolute atomic E-state index is 0.329. The number of carbonyl (C=O) groups is 2. The van der Waals surface area contributed by atoms with E-state index in [0.717, 1.165) is 24.5 Å². The van der Waals surface area contributed by atoms with Gasteiger partial charge in [0, 0.05) is 6.26 Å². The summed E-state index contributed by atoms with van der Waals surface area (Å²) in [6.07, 6.45) is 0.875. The van der Waals surface area contributed by atoms with Gasteiger partial charge < -0.3 is 10.2 Å². The predicted molar refractivity (Wildman–Crippen MR) is 53.5 cm³/mol. The second kappa shape index (κ2) is 3.93. The summed E-state index contributed by atoms with van der Waals surface area (Å²) in [6.45, 7) is 0. The second-order valence-electron chi connectivity index (χ2n) is 3.13. The Hall–Kier alpha value is -1.89. The first kappa shape index (κ1) is 12.2. The van der Waals surface area contributed by atoms with Crippen molar-refractivity contribution in [2.75, 3.05) is 6.26 Å². The molecular weight excluding hydrogens is 236 g/mol. The normalized spacial score (nSPS) is 11.1. The third-order valence-electron chi connectivity index (χ3n) is 1.83. The van der Waals surface area contributed by atoms with Crippen LogP contribution < -0.4 is 0 Å². The first-order valence-corrected chi connectivity index (χ1v) is 5.92. The number of carboxylic acids is 2. The van der Waals surface area contributed by atoms with Gasteiger partial charge in [0.15, 0.2) is 9.84 Å². The molecule has 0 saturated heterocycles. The monoisotopic (exact) mass is 244 g/mol. The Morgan fingerprint density at radius 1 is 1.00 bits per heavy atom. The quantitative estimate of drug-likeness (QED) is 0.800. The minimum atomic E-state index is -3.64. The summed E-state index contributed by atoms with van der Waals surface area (Å²) >= 11 is 0. The van der Waals surface area contributed by atoms with Crippen LogP contribution in [0.2, 0.25) is 0 Å². The average molecular weight is 244 g/mol. The highest BCUT2D eigenvalue weighted by Gasteiger charge is 2.16. The third kappa shape index (κ3) is 2.57. The van der Waals surface area contributed by atoms with Gasteiger partial charge in [-0.2, -0.15) is 0 Å². The van der Waals surface area contributed by atoms with Gasteiger partial charge >= 0.3 is 11.9 Å². The summed E-state index contributed by atoms with van der Waals surface area (Å²) < 4.78 is 22.4. The van der Waals surface area contributed by atoms with Crippen molar-refractivity contribution >= 4 is 21.8 Å². The van der Waals surface area contributed by atoms with Gasteiger partial charge in [0.2, 0.25) is 0 Å². The number of hydrogen-bond donors (Lipinski definition) is 2. The summed E-state index contributed by atoms with van der Waals surface area (Å²) in [5.41, 5.74) is -0.749. The first-order chi connectivity index (χ1) is 7.21. The van der Waals surface area contributed by atoms with Crippen LogP contribution in [-0.2, 0) is 9.84 Å². The maximum absolute atomic E-state index is 11.2. The van der Waals surface area contributed by atoms with Crippen molar-refractivity contribution in [3.05, 3.63) is 29.3 Å². The highest BCUT2D eigenvalue weighted by Crippen LogP contribution is 2.15. The molecule has 6 nitrogen and oxygen atoms in total. The topological polar surface area (TPSA) is 109 Å². The molecule has 0 aliphatic carbocycles. The van der Waals surface area contributed by atoms with E-state index >= 15 is 0 Å². The minimum Gasteiger partial charge on any atom is -0.478 e. The molecule has 0 saturated carbocycles. The average Bonchev–Trinajstić information content (AvgIpc) is 2.15. The SMILES string of the molecule is CS(=O)(=O)c1cc(C(=O)O)cc(C(=O)O)c1. The van der Waals surface area contributed by atoms with E-state index in [1.165, 1.54) is 0 Å². The smallest absolute Gasteiger partial charge is 0.335 e. The molecule has 0 heterocycles. The molecule has 2 N–H and O–H groups in total. The van der Waals surface area contributed by atoms with E-state index in [0.29, 0.717) is 0 Å².